The first kappa shape index (κ1) is 22.0. The van der Waals surface area contributed by atoms with Crippen molar-refractivity contribution in [1.82, 2.24) is 10.6 Å². The number of ether oxygens (including phenoxy) is 3. The summed E-state index contributed by atoms with van der Waals surface area (Å²) < 4.78 is 16.2. The fourth-order valence-corrected chi connectivity index (χ4v) is 3.66. The predicted molar refractivity (Wildman–Crippen MR) is 124 cm³/mol. The van der Waals surface area contributed by atoms with Gasteiger partial charge >= 0.3 is 12.0 Å². The van der Waals surface area contributed by atoms with Crippen LogP contribution in [0.3, 0.4) is 0 Å². The van der Waals surface area contributed by atoms with Crippen LogP contribution < -0.4 is 20.1 Å². The summed E-state index contributed by atoms with van der Waals surface area (Å²) in [5, 5.41) is 5.57. The number of urea groups is 1. The van der Waals surface area contributed by atoms with Crippen LogP contribution in [0.25, 0.3) is 5.70 Å². The number of hydrogen-bond donors (Lipinski definition) is 2. The molecule has 0 fully saturated rings. The van der Waals surface area contributed by atoms with Crippen LogP contribution in [0, 0.1) is 6.92 Å². The summed E-state index contributed by atoms with van der Waals surface area (Å²) in [6.45, 7) is 1.97. The Morgan fingerprint density at radius 2 is 1.55 bits per heavy atom. The lowest BCUT2D eigenvalue weighted by atomic mass is 9.92. The van der Waals surface area contributed by atoms with Gasteiger partial charge in [-0.3, -0.25) is 0 Å². The van der Waals surface area contributed by atoms with Crippen molar-refractivity contribution < 1.29 is 23.8 Å². The van der Waals surface area contributed by atoms with Crippen molar-refractivity contribution in [3.8, 4) is 17.2 Å². The van der Waals surface area contributed by atoms with Crippen molar-refractivity contribution >= 4 is 17.7 Å². The fourth-order valence-electron chi connectivity index (χ4n) is 3.66. The monoisotopic (exact) mass is 444 g/mol. The maximum atomic E-state index is 12.8. The molecule has 1 aliphatic heterocycles. The number of aryl methyl sites for hydroxylation is 1. The summed E-state index contributed by atoms with van der Waals surface area (Å²) >= 11 is 0. The minimum atomic E-state index is -0.698. The van der Waals surface area contributed by atoms with Crippen LogP contribution in [-0.2, 0) is 9.53 Å². The Balaban J connectivity index is 1.70. The van der Waals surface area contributed by atoms with E-state index in [0.29, 0.717) is 33.9 Å². The van der Waals surface area contributed by atoms with E-state index in [9.17, 15) is 9.59 Å². The van der Waals surface area contributed by atoms with E-state index >= 15 is 0 Å². The highest BCUT2D eigenvalue weighted by molar-refractivity contribution is 6.04. The first-order valence-corrected chi connectivity index (χ1v) is 10.4. The van der Waals surface area contributed by atoms with Crippen LogP contribution in [0.15, 0.2) is 78.4 Å². The van der Waals surface area contributed by atoms with Crippen LogP contribution in [0.1, 0.15) is 22.7 Å². The highest BCUT2D eigenvalue weighted by atomic mass is 16.5. The van der Waals surface area contributed by atoms with E-state index in [1.165, 1.54) is 7.11 Å². The standard InChI is InChI=1S/C26H24N2O5/c1-16-6-4-5-7-21(16)33-20-14-10-18(11-15-20)24-22(25(29)32-3)23(27-26(30)28-24)17-8-12-19(31-2)13-9-17/h4-15,24H,1-3H3,(H2,27,28,30). The summed E-state index contributed by atoms with van der Waals surface area (Å²) in [5.74, 6) is 1.53. The van der Waals surface area contributed by atoms with Gasteiger partial charge in [0.05, 0.1) is 31.5 Å². The average molecular weight is 444 g/mol. The molecule has 2 amide bonds. The van der Waals surface area contributed by atoms with E-state index in [4.69, 9.17) is 14.2 Å². The van der Waals surface area contributed by atoms with Gasteiger partial charge in [0, 0.05) is 0 Å². The molecule has 3 aromatic rings. The van der Waals surface area contributed by atoms with E-state index in [1.54, 1.807) is 43.5 Å². The number of carbonyl (C=O) groups excluding carboxylic acids is 2. The van der Waals surface area contributed by atoms with Crippen LogP contribution in [0.5, 0.6) is 17.2 Å². The zero-order valence-corrected chi connectivity index (χ0v) is 18.5. The number of nitrogens with one attached hydrogen (secondary N) is 2. The topological polar surface area (TPSA) is 85.9 Å². The number of esters is 1. The van der Waals surface area contributed by atoms with E-state index in [-0.39, 0.29) is 0 Å². The molecule has 1 atom stereocenters. The molecule has 4 rings (SSSR count). The lowest BCUT2D eigenvalue weighted by molar-refractivity contribution is -0.136. The molecule has 1 unspecified atom stereocenters. The highest BCUT2D eigenvalue weighted by Crippen LogP contribution is 2.34. The van der Waals surface area contributed by atoms with Gasteiger partial charge in [0.25, 0.3) is 0 Å². The van der Waals surface area contributed by atoms with Gasteiger partial charge < -0.3 is 24.8 Å². The van der Waals surface area contributed by atoms with Crippen LogP contribution >= 0.6 is 0 Å². The Morgan fingerprint density at radius 1 is 0.879 bits per heavy atom. The van der Waals surface area contributed by atoms with Crippen molar-refractivity contribution in [3.63, 3.8) is 0 Å². The SMILES string of the molecule is COC(=O)C1=C(c2ccc(OC)cc2)NC(=O)NC1c1ccc(Oc2ccccc2C)cc1. The van der Waals surface area contributed by atoms with Gasteiger partial charge in [0.1, 0.15) is 17.2 Å². The third-order valence-electron chi connectivity index (χ3n) is 5.39. The summed E-state index contributed by atoms with van der Waals surface area (Å²) in [4.78, 5) is 25.3. The number of para-hydroxylation sites is 1. The maximum absolute atomic E-state index is 12.8. The van der Waals surface area contributed by atoms with Gasteiger partial charge in [-0.15, -0.1) is 0 Å². The van der Waals surface area contributed by atoms with Crippen molar-refractivity contribution in [2.45, 2.75) is 13.0 Å². The second kappa shape index (κ2) is 9.48. The summed E-state index contributed by atoms with van der Waals surface area (Å²) in [6.07, 6.45) is 0. The van der Waals surface area contributed by atoms with Gasteiger partial charge in [0.15, 0.2) is 0 Å². The molecule has 1 aliphatic rings. The largest absolute Gasteiger partial charge is 0.497 e. The lowest BCUT2D eigenvalue weighted by Crippen LogP contribution is -2.45. The second-order valence-electron chi connectivity index (χ2n) is 7.48. The molecular weight excluding hydrogens is 420 g/mol. The lowest BCUT2D eigenvalue weighted by Gasteiger charge is -2.29. The van der Waals surface area contributed by atoms with Crippen LogP contribution in [0.4, 0.5) is 4.79 Å². The quantitative estimate of drug-likeness (QED) is 0.537. The second-order valence-corrected chi connectivity index (χ2v) is 7.48. The van der Waals surface area contributed by atoms with Gasteiger partial charge in [-0.2, -0.15) is 0 Å². The molecule has 0 saturated heterocycles. The first-order chi connectivity index (χ1) is 16.0. The summed E-state index contributed by atoms with van der Waals surface area (Å²) in [6, 6.07) is 20.9. The maximum Gasteiger partial charge on any atom is 0.338 e. The van der Waals surface area contributed by atoms with Crippen LogP contribution in [0.2, 0.25) is 0 Å². The third kappa shape index (κ3) is 4.67. The van der Waals surface area contributed by atoms with Gasteiger partial charge in [-0.25, -0.2) is 9.59 Å². The normalized spacial score (nSPS) is 15.4. The van der Waals surface area contributed by atoms with Gasteiger partial charge in [-0.05, 0) is 66.1 Å². The molecule has 0 aromatic heterocycles. The zero-order valence-electron chi connectivity index (χ0n) is 18.5. The molecule has 0 spiro atoms. The van der Waals surface area contributed by atoms with Crippen molar-refractivity contribution in [2.24, 2.45) is 0 Å². The summed E-state index contributed by atoms with van der Waals surface area (Å²) in [7, 11) is 2.89. The van der Waals surface area contributed by atoms with Crippen molar-refractivity contribution in [3.05, 3.63) is 95.1 Å². The van der Waals surface area contributed by atoms with Gasteiger partial charge in [0.2, 0.25) is 0 Å². The Labute approximate surface area is 192 Å². The molecule has 1 heterocycles. The molecule has 33 heavy (non-hydrogen) atoms. The predicted octanol–water partition coefficient (Wildman–Crippen LogP) is 4.73. The highest BCUT2D eigenvalue weighted by Gasteiger charge is 2.34. The van der Waals surface area contributed by atoms with E-state index in [2.05, 4.69) is 10.6 Å². The number of amides is 2. The molecule has 0 bridgehead atoms. The Morgan fingerprint density at radius 3 is 2.18 bits per heavy atom. The average Bonchev–Trinajstić information content (AvgIpc) is 2.85. The van der Waals surface area contributed by atoms with E-state index < -0.39 is 18.0 Å². The Kier molecular flexibility index (Phi) is 6.31. The molecule has 0 aliphatic carbocycles. The number of hydrogen-bond acceptors (Lipinski definition) is 5. The minimum absolute atomic E-state index is 0.301. The van der Waals surface area contributed by atoms with Crippen molar-refractivity contribution in [1.29, 1.82) is 0 Å². The van der Waals surface area contributed by atoms with E-state index in [0.717, 1.165) is 11.3 Å². The summed E-state index contributed by atoms with van der Waals surface area (Å²) in [5.41, 5.74) is 3.09. The van der Waals surface area contributed by atoms with Gasteiger partial charge in [-0.1, -0.05) is 30.3 Å². The first-order valence-electron chi connectivity index (χ1n) is 10.4. The number of rotatable bonds is 6. The van der Waals surface area contributed by atoms with Crippen LogP contribution in [-0.4, -0.2) is 26.2 Å². The Hall–Kier alpha value is -4.26. The molecular formula is C26H24N2O5. The molecule has 0 saturated carbocycles. The molecule has 168 valence electrons. The fraction of sp³-hybridized carbons (Fsp3) is 0.154. The number of benzene rings is 3. The molecule has 7 nitrogen and oxygen atoms in total. The van der Waals surface area contributed by atoms with Crippen molar-refractivity contribution in [2.75, 3.05) is 14.2 Å². The molecule has 7 heteroatoms. The minimum Gasteiger partial charge on any atom is -0.497 e. The smallest absolute Gasteiger partial charge is 0.338 e. The molecule has 3 aromatic carbocycles. The Bertz CT molecular complexity index is 1200. The molecule has 2 N–H and O–H groups in total. The zero-order chi connectivity index (χ0) is 23.4. The third-order valence-corrected chi connectivity index (χ3v) is 5.39. The number of methoxy groups -OCH3 is 2. The van der Waals surface area contributed by atoms with E-state index in [1.807, 2.05) is 43.3 Å². The number of carbonyl (C=O) groups is 2. The molecule has 0 radical (unpaired) electrons.